The number of piperidine rings is 1. The molecule has 0 bridgehead atoms. The van der Waals surface area contributed by atoms with E-state index in [2.05, 4.69) is 14.9 Å². The van der Waals surface area contributed by atoms with Crippen LogP contribution in [0.4, 0.5) is 10.3 Å². The van der Waals surface area contributed by atoms with E-state index in [0.29, 0.717) is 0 Å². The molecular formula is C18H20FN3. The largest absolute Gasteiger partial charge is 0.341 e. The lowest BCUT2D eigenvalue weighted by atomic mass is 10.0. The Kier molecular flexibility index (Phi) is 4.47. The van der Waals surface area contributed by atoms with E-state index in [1.807, 2.05) is 25.4 Å². The maximum Gasteiger partial charge on any atom is 0.225 e. The second-order valence-electron chi connectivity index (χ2n) is 5.53. The number of halogens is 1. The molecule has 3 nitrogen and oxygen atoms in total. The smallest absolute Gasteiger partial charge is 0.225 e. The first-order chi connectivity index (χ1) is 10.8. The zero-order valence-electron chi connectivity index (χ0n) is 12.8. The monoisotopic (exact) mass is 297 g/mol. The second kappa shape index (κ2) is 6.69. The first-order valence-electron chi connectivity index (χ1n) is 7.77. The van der Waals surface area contributed by atoms with Crippen molar-refractivity contribution in [3.8, 4) is 0 Å². The summed E-state index contributed by atoms with van der Waals surface area (Å²) in [7, 11) is 0. The minimum Gasteiger partial charge on any atom is -0.341 e. The summed E-state index contributed by atoms with van der Waals surface area (Å²) in [5.74, 6) is 0.578. The fourth-order valence-electron chi connectivity index (χ4n) is 2.85. The molecular weight excluding hydrogens is 277 g/mol. The highest BCUT2D eigenvalue weighted by atomic mass is 19.1. The van der Waals surface area contributed by atoms with Crippen LogP contribution < -0.4 is 4.90 Å². The van der Waals surface area contributed by atoms with Gasteiger partial charge in [-0.15, -0.1) is 0 Å². The Labute approximate surface area is 130 Å². The Morgan fingerprint density at radius 2 is 1.64 bits per heavy atom. The predicted octanol–water partition coefficient (Wildman–Crippen LogP) is 4.06. The van der Waals surface area contributed by atoms with Crippen molar-refractivity contribution >= 4 is 11.5 Å². The van der Waals surface area contributed by atoms with Gasteiger partial charge in [0.1, 0.15) is 5.82 Å². The summed E-state index contributed by atoms with van der Waals surface area (Å²) in [4.78, 5) is 11.3. The molecule has 1 aromatic carbocycles. The molecule has 22 heavy (non-hydrogen) atoms. The van der Waals surface area contributed by atoms with E-state index in [0.717, 1.165) is 35.7 Å². The van der Waals surface area contributed by atoms with Gasteiger partial charge in [0.2, 0.25) is 5.95 Å². The average Bonchev–Trinajstić information content (AvgIpc) is 2.59. The van der Waals surface area contributed by atoms with Gasteiger partial charge in [0.25, 0.3) is 0 Å². The summed E-state index contributed by atoms with van der Waals surface area (Å²) < 4.78 is 13.1. The van der Waals surface area contributed by atoms with E-state index < -0.39 is 0 Å². The Morgan fingerprint density at radius 3 is 2.23 bits per heavy atom. The summed E-state index contributed by atoms with van der Waals surface area (Å²) in [6, 6.07) is 6.51. The number of nitrogens with zero attached hydrogens (tertiary/aromatic N) is 3. The molecule has 1 aromatic heterocycles. The molecule has 0 unspecified atom stereocenters. The number of hydrogen-bond acceptors (Lipinski definition) is 3. The molecule has 1 fully saturated rings. The van der Waals surface area contributed by atoms with Crippen molar-refractivity contribution in [1.29, 1.82) is 0 Å². The predicted molar refractivity (Wildman–Crippen MR) is 87.2 cm³/mol. The van der Waals surface area contributed by atoms with Crippen molar-refractivity contribution in [2.75, 3.05) is 18.0 Å². The Morgan fingerprint density at radius 1 is 1.00 bits per heavy atom. The molecule has 2 aromatic rings. The minimum absolute atomic E-state index is 0.226. The highest BCUT2D eigenvalue weighted by Gasteiger charge is 2.13. The van der Waals surface area contributed by atoms with E-state index in [1.54, 1.807) is 12.1 Å². The molecule has 1 saturated heterocycles. The highest BCUT2D eigenvalue weighted by molar-refractivity contribution is 5.78. The molecule has 0 radical (unpaired) electrons. The molecule has 0 amide bonds. The van der Waals surface area contributed by atoms with Gasteiger partial charge in [0, 0.05) is 31.0 Å². The quantitative estimate of drug-likeness (QED) is 0.855. The van der Waals surface area contributed by atoms with Gasteiger partial charge in [-0.05, 0) is 49.5 Å². The summed E-state index contributed by atoms with van der Waals surface area (Å²) >= 11 is 0. The van der Waals surface area contributed by atoms with Crippen LogP contribution >= 0.6 is 0 Å². The average molecular weight is 297 g/mol. The van der Waals surface area contributed by atoms with Gasteiger partial charge in [-0.1, -0.05) is 18.2 Å². The van der Waals surface area contributed by atoms with Crippen LogP contribution in [0, 0.1) is 5.82 Å². The Bertz CT molecular complexity index is 641. The number of aromatic nitrogens is 2. The van der Waals surface area contributed by atoms with E-state index >= 15 is 0 Å². The topological polar surface area (TPSA) is 29.0 Å². The lowest BCUT2D eigenvalue weighted by molar-refractivity contribution is 0.568. The highest BCUT2D eigenvalue weighted by Crippen LogP contribution is 2.24. The normalized spacial score (nSPS) is 15.9. The van der Waals surface area contributed by atoms with Gasteiger partial charge in [-0.25, -0.2) is 14.4 Å². The maximum atomic E-state index is 13.1. The third-order valence-electron chi connectivity index (χ3n) is 4.03. The molecule has 2 heterocycles. The first kappa shape index (κ1) is 14.7. The summed E-state index contributed by atoms with van der Waals surface area (Å²) in [6.45, 7) is 4.04. The lowest BCUT2D eigenvalue weighted by Gasteiger charge is -2.26. The molecule has 0 saturated carbocycles. The van der Waals surface area contributed by atoms with E-state index in [-0.39, 0.29) is 5.82 Å². The summed E-state index contributed by atoms with van der Waals surface area (Å²) in [5.41, 5.74) is 2.94. The van der Waals surface area contributed by atoms with Crippen LogP contribution in [-0.4, -0.2) is 23.1 Å². The number of benzene rings is 1. The Hall–Kier alpha value is -2.23. The van der Waals surface area contributed by atoms with Crippen molar-refractivity contribution in [3.63, 3.8) is 0 Å². The fraction of sp³-hybridized carbons (Fsp3) is 0.333. The first-order valence-corrected chi connectivity index (χ1v) is 7.77. The van der Waals surface area contributed by atoms with Gasteiger partial charge in [-0.2, -0.15) is 0 Å². The van der Waals surface area contributed by atoms with Gasteiger partial charge in [0.15, 0.2) is 0 Å². The standard InChI is InChI=1S/C18H20FN3/c1-2-17(14-6-8-16(19)9-7-14)15-12-20-18(21-13-15)22-10-4-3-5-11-22/h2,6-9,12-13H,3-5,10-11H2,1H3/b17-2+. The van der Waals surface area contributed by atoms with Crippen LogP contribution in [0.3, 0.4) is 0 Å². The van der Waals surface area contributed by atoms with E-state index in [1.165, 1.54) is 31.4 Å². The zero-order chi connectivity index (χ0) is 15.4. The SMILES string of the molecule is C/C=C(\c1ccc(F)cc1)c1cnc(N2CCCCC2)nc1. The number of rotatable bonds is 3. The van der Waals surface area contributed by atoms with Crippen LogP contribution in [0.15, 0.2) is 42.7 Å². The summed E-state index contributed by atoms with van der Waals surface area (Å²) in [5, 5.41) is 0. The van der Waals surface area contributed by atoms with Crippen molar-refractivity contribution in [2.45, 2.75) is 26.2 Å². The Balaban J connectivity index is 1.82. The molecule has 3 rings (SSSR count). The third kappa shape index (κ3) is 3.16. The lowest BCUT2D eigenvalue weighted by Crippen LogP contribution is -2.30. The van der Waals surface area contributed by atoms with Crippen molar-refractivity contribution in [3.05, 3.63) is 59.7 Å². The molecule has 0 atom stereocenters. The molecule has 1 aliphatic rings. The van der Waals surface area contributed by atoms with Crippen molar-refractivity contribution in [1.82, 2.24) is 9.97 Å². The van der Waals surface area contributed by atoms with Gasteiger partial charge in [0.05, 0.1) is 0 Å². The molecule has 0 aliphatic carbocycles. The molecule has 4 heteroatoms. The van der Waals surface area contributed by atoms with Gasteiger partial charge >= 0.3 is 0 Å². The van der Waals surface area contributed by atoms with Gasteiger partial charge in [-0.3, -0.25) is 0 Å². The van der Waals surface area contributed by atoms with Crippen LogP contribution in [0.2, 0.25) is 0 Å². The van der Waals surface area contributed by atoms with Gasteiger partial charge < -0.3 is 4.90 Å². The summed E-state index contributed by atoms with van der Waals surface area (Å²) in [6.07, 6.45) is 9.43. The molecule has 0 N–H and O–H groups in total. The van der Waals surface area contributed by atoms with Crippen molar-refractivity contribution < 1.29 is 4.39 Å². The van der Waals surface area contributed by atoms with E-state index in [4.69, 9.17) is 0 Å². The van der Waals surface area contributed by atoms with E-state index in [9.17, 15) is 4.39 Å². The van der Waals surface area contributed by atoms with Crippen molar-refractivity contribution in [2.24, 2.45) is 0 Å². The van der Waals surface area contributed by atoms with Crippen LogP contribution in [0.5, 0.6) is 0 Å². The molecule has 0 spiro atoms. The van der Waals surface area contributed by atoms with Crippen LogP contribution in [0.1, 0.15) is 37.3 Å². The molecule has 114 valence electrons. The number of hydrogen-bond donors (Lipinski definition) is 0. The van der Waals surface area contributed by atoms with Crippen LogP contribution in [-0.2, 0) is 0 Å². The molecule has 1 aliphatic heterocycles. The third-order valence-corrected chi connectivity index (χ3v) is 4.03. The minimum atomic E-state index is -0.226. The second-order valence-corrected chi connectivity index (χ2v) is 5.53. The number of anilines is 1. The zero-order valence-corrected chi connectivity index (χ0v) is 12.8. The van der Waals surface area contributed by atoms with Crippen LogP contribution in [0.25, 0.3) is 5.57 Å². The number of allylic oxidation sites excluding steroid dienone is 1. The fourth-order valence-corrected chi connectivity index (χ4v) is 2.85. The maximum absolute atomic E-state index is 13.1.